The second-order valence-electron chi connectivity index (χ2n) is 7.21. The maximum absolute atomic E-state index is 12.6. The van der Waals surface area contributed by atoms with Crippen molar-refractivity contribution >= 4 is 6.09 Å². The van der Waals surface area contributed by atoms with Crippen LogP contribution in [0.4, 0.5) is 4.79 Å². The first-order valence-corrected chi connectivity index (χ1v) is 9.91. The van der Waals surface area contributed by atoms with Gasteiger partial charge in [0.05, 0.1) is 33.4 Å². The Morgan fingerprint density at radius 2 is 1.94 bits per heavy atom. The number of ether oxygens (including phenoxy) is 5. The van der Waals surface area contributed by atoms with Gasteiger partial charge in [-0.05, 0) is 24.6 Å². The lowest BCUT2D eigenvalue weighted by Crippen LogP contribution is -2.42. The minimum absolute atomic E-state index is 0.0303. The molecule has 0 unspecified atom stereocenters. The van der Waals surface area contributed by atoms with E-state index in [1.54, 1.807) is 17.0 Å². The number of aryl methyl sites for hydroxylation is 1. The van der Waals surface area contributed by atoms with Gasteiger partial charge in [-0.15, -0.1) is 5.10 Å². The first-order chi connectivity index (χ1) is 15.5. The Bertz CT molecular complexity index is 1090. The van der Waals surface area contributed by atoms with Gasteiger partial charge in [0.15, 0.2) is 11.5 Å². The molecule has 2 aliphatic rings. The van der Waals surface area contributed by atoms with Gasteiger partial charge >= 0.3 is 6.09 Å². The number of morpholine rings is 1. The minimum Gasteiger partial charge on any atom is -0.493 e. The Balaban J connectivity index is 1.77. The van der Waals surface area contributed by atoms with Crippen molar-refractivity contribution in [3.63, 3.8) is 0 Å². The summed E-state index contributed by atoms with van der Waals surface area (Å²) < 4.78 is 27.5. The number of rotatable bonds is 4. The summed E-state index contributed by atoms with van der Waals surface area (Å²) >= 11 is 0. The van der Waals surface area contributed by atoms with Gasteiger partial charge in [0, 0.05) is 24.3 Å². The van der Waals surface area contributed by atoms with Crippen LogP contribution in [-0.4, -0.2) is 61.7 Å². The molecule has 0 saturated carbocycles. The number of fused-ring (bicyclic) bond motifs is 1. The number of aromatic amines is 1. The quantitative estimate of drug-likeness (QED) is 0.725. The van der Waals surface area contributed by atoms with Crippen LogP contribution in [0.25, 0.3) is 0 Å². The molecule has 32 heavy (non-hydrogen) atoms. The molecular formula is C21H23N5O6. The Kier molecular flexibility index (Phi) is 5.79. The second kappa shape index (κ2) is 8.68. The van der Waals surface area contributed by atoms with Gasteiger partial charge in [0.2, 0.25) is 17.5 Å². The van der Waals surface area contributed by atoms with Crippen molar-refractivity contribution in [2.75, 3.05) is 40.5 Å². The highest BCUT2D eigenvalue weighted by molar-refractivity contribution is 5.74. The predicted molar refractivity (Wildman–Crippen MR) is 111 cm³/mol. The number of H-pyrrole nitrogens is 1. The smallest absolute Gasteiger partial charge is 0.415 e. The predicted octanol–water partition coefficient (Wildman–Crippen LogP) is 1.78. The number of methoxy groups -OCH3 is 2. The Labute approximate surface area is 184 Å². The maximum Gasteiger partial charge on any atom is 0.415 e. The van der Waals surface area contributed by atoms with Crippen LogP contribution in [0.3, 0.4) is 0 Å². The number of aromatic nitrogens is 2. The molecule has 0 radical (unpaired) electrons. The molecule has 3 heterocycles. The van der Waals surface area contributed by atoms with E-state index in [1.807, 2.05) is 6.92 Å². The molecule has 4 rings (SSSR count). The average Bonchev–Trinajstić information content (AvgIpc) is 3.18. The van der Waals surface area contributed by atoms with Gasteiger partial charge in [-0.3, -0.25) is 5.10 Å². The second-order valence-corrected chi connectivity index (χ2v) is 7.21. The lowest BCUT2D eigenvalue weighted by Gasteiger charge is -2.27. The lowest BCUT2D eigenvalue weighted by molar-refractivity contribution is 0.0411. The van der Waals surface area contributed by atoms with E-state index < -0.39 is 12.0 Å². The molecular weight excluding hydrogens is 418 g/mol. The summed E-state index contributed by atoms with van der Waals surface area (Å²) in [5, 5.41) is 16.8. The highest BCUT2D eigenvalue weighted by Crippen LogP contribution is 2.47. The first-order valence-electron chi connectivity index (χ1n) is 9.91. The number of nitrogens with two attached hydrogens (primary N) is 1. The van der Waals surface area contributed by atoms with Gasteiger partial charge in [0.1, 0.15) is 11.6 Å². The van der Waals surface area contributed by atoms with E-state index in [4.69, 9.17) is 29.4 Å². The highest BCUT2D eigenvalue weighted by atomic mass is 16.6. The van der Waals surface area contributed by atoms with Crippen LogP contribution in [0.2, 0.25) is 0 Å². The monoisotopic (exact) mass is 441 g/mol. The molecule has 0 aliphatic carbocycles. The molecule has 1 aromatic carbocycles. The third kappa shape index (κ3) is 3.65. The molecule has 11 nitrogen and oxygen atoms in total. The number of benzene rings is 1. The molecule has 1 amide bonds. The number of nitriles is 1. The Morgan fingerprint density at radius 1 is 1.28 bits per heavy atom. The van der Waals surface area contributed by atoms with Crippen molar-refractivity contribution in [2.45, 2.75) is 12.8 Å². The van der Waals surface area contributed by atoms with Gasteiger partial charge in [0.25, 0.3) is 0 Å². The summed E-state index contributed by atoms with van der Waals surface area (Å²) in [4.78, 5) is 14.2. The highest BCUT2D eigenvalue weighted by Gasteiger charge is 2.35. The van der Waals surface area contributed by atoms with Crippen molar-refractivity contribution in [3.05, 3.63) is 40.4 Å². The van der Waals surface area contributed by atoms with E-state index in [0.717, 1.165) is 5.69 Å². The van der Waals surface area contributed by atoms with Crippen molar-refractivity contribution in [2.24, 2.45) is 5.73 Å². The van der Waals surface area contributed by atoms with Gasteiger partial charge in [-0.2, -0.15) is 5.26 Å². The summed E-state index contributed by atoms with van der Waals surface area (Å²) in [6, 6.07) is 5.49. The summed E-state index contributed by atoms with van der Waals surface area (Å²) in [5.74, 6) is 0.371. The SMILES string of the molecule is COc1cc([C@H]2C(C#N)=C(N)Oc3n[nH]c(C)c32)cc(OC)c1OC(=O)N1CCOCC1. The number of allylic oxidation sites excluding steroid dienone is 1. The van der Waals surface area contributed by atoms with E-state index in [1.165, 1.54) is 14.2 Å². The van der Waals surface area contributed by atoms with Crippen LogP contribution in [0.5, 0.6) is 23.1 Å². The number of carbonyl (C=O) groups is 1. The molecule has 1 aromatic heterocycles. The zero-order chi connectivity index (χ0) is 22.8. The number of hydrogen-bond donors (Lipinski definition) is 2. The zero-order valence-corrected chi connectivity index (χ0v) is 17.9. The molecule has 3 N–H and O–H groups in total. The fourth-order valence-corrected chi connectivity index (χ4v) is 3.80. The standard InChI is InChI=1S/C21H23N5O6/c1-11-16-17(13(10-22)19(23)32-20(16)25-24-11)12-8-14(28-2)18(15(9-12)29-3)31-21(27)26-4-6-30-7-5-26/h8-9,17H,4-7,23H2,1-3H3,(H,24,25)/t17-/m0/s1. The van der Waals surface area contributed by atoms with E-state index in [2.05, 4.69) is 16.3 Å². The zero-order valence-electron chi connectivity index (χ0n) is 17.9. The summed E-state index contributed by atoms with van der Waals surface area (Å²) in [7, 11) is 2.91. The van der Waals surface area contributed by atoms with Crippen molar-refractivity contribution in [3.8, 4) is 29.2 Å². The molecule has 2 aliphatic heterocycles. The van der Waals surface area contributed by atoms with E-state index in [9.17, 15) is 10.1 Å². The molecule has 0 spiro atoms. The molecule has 1 atom stereocenters. The first kappa shape index (κ1) is 21.3. The van der Waals surface area contributed by atoms with E-state index >= 15 is 0 Å². The third-order valence-corrected chi connectivity index (χ3v) is 5.40. The fourth-order valence-electron chi connectivity index (χ4n) is 3.80. The number of nitrogens with one attached hydrogen (secondary N) is 1. The number of amides is 1. The number of carbonyl (C=O) groups excluding carboxylic acids is 1. The summed E-state index contributed by atoms with van der Waals surface area (Å²) in [5.41, 5.74) is 8.26. The third-order valence-electron chi connectivity index (χ3n) is 5.40. The number of nitrogens with zero attached hydrogens (tertiary/aromatic N) is 3. The van der Waals surface area contributed by atoms with E-state index in [-0.39, 0.29) is 28.7 Å². The molecule has 1 fully saturated rings. The topological polar surface area (TPSA) is 145 Å². The van der Waals surface area contributed by atoms with Crippen LogP contribution in [0.1, 0.15) is 22.7 Å². The maximum atomic E-state index is 12.6. The summed E-state index contributed by atoms with van der Waals surface area (Å²) in [6.45, 7) is 3.58. The molecule has 1 saturated heterocycles. The van der Waals surface area contributed by atoms with Crippen LogP contribution in [-0.2, 0) is 4.74 Å². The van der Waals surface area contributed by atoms with Crippen LogP contribution in [0.15, 0.2) is 23.6 Å². The van der Waals surface area contributed by atoms with Gasteiger partial charge in [-0.25, -0.2) is 4.79 Å². The van der Waals surface area contributed by atoms with Crippen LogP contribution in [0, 0.1) is 18.3 Å². The lowest BCUT2D eigenvalue weighted by atomic mass is 9.84. The largest absolute Gasteiger partial charge is 0.493 e. The van der Waals surface area contributed by atoms with Gasteiger partial charge in [-0.1, -0.05) is 0 Å². The number of hydrogen-bond acceptors (Lipinski definition) is 9. The van der Waals surface area contributed by atoms with Crippen molar-refractivity contribution < 1.29 is 28.5 Å². The molecule has 168 valence electrons. The van der Waals surface area contributed by atoms with Crippen molar-refractivity contribution in [1.29, 1.82) is 5.26 Å². The van der Waals surface area contributed by atoms with Crippen molar-refractivity contribution in [1.82, 2.24) is 15.1 Å². The average molecular weight is 441 g/mol. The molecule has 0 bridgehead atoms. The summed E-state index contributed by atoms with van der Waals surface area (Å²) in [6.07, 6.45) is -0.529. The molecule has 11 heteroatoms. The Morgan fingerprint density at radius 3 is 2.53 bits per heavy atom. The normalized spacial score (nSPS) is 17.8. The fraction of sp³-hybridized carbons (Fsp3) is 0.381. The van der Waals surface area contributed by atoms with E-state index in [0.29, 0.717) is 43.3 Å². The van der Waals surface area contributed by atoms with Crippen LogP contribution >= 0.6 is 0 Å². The Hall–Kier alpha value is -3.91. The minimum atomic E-state index is -0.575. The van der Waals surface area contributed by atoms with Gasteiger partial charge < -0.3 is 34.3 Å². The molecule has 2 aromatic rings. The van der Waals surface area contributed by atoms with Crippen LogP contribution < -0.4 is 24.7 Å².